The number of hydrogen-bond donors (Lipinski definition) is 1. The van der Waals surface area contributed by atoms with Crippen molar-refractivity contribution in [1.82, 2.24) is 0 Å². The average Bonchev–Trinajstić information content (AvgIpc) is 2.72. The topological polar surface area (TPSA) is 62.9 Å². The van der Waals surface area contributed by atoms with Crippen LogP contribution in [0, 0.1) is 0 Å². The Hall–Kier alpha value is -0.980. The van der Waals surface area contributed by atoms with Crippen LogP contribution in [0.1, 0.15) is 5.56 Å². The lowest BCUT2D eigenvalue weighted by molar-refractivity contribution is 0.139. The second-order valence-electron chi connectivity index (χ2n) is 3.22. The fourth-order valence-electron chi connectivity index (χ4n) is 1.67. The predicted molar refractivity (Wildman–Crippen MR) is 60.7 cm³/mol. The summed E-state index contributed by atoms with van der Waals surface area (Å²) in [5.41, 5.74) is 0.898. The highest BCUT2D eigenvalue weighted by atomic mass is 79.9. The number of halogens is 1. The first-order valence-electron chi connectivity index (χ1n) is 4.74. The summed E-state index contributed by atoms with van der Waals surface area (Å²) in [6, 6.07) is 1.83. The van der Waals surface area contributed by atoms with Gasteiger partial charge >= 0.3 is 0 Å². The molecule has 1 aliphatic rings. The van der Waals surface area contributed by atoms with E-state index in [1.54, 1.807) is 7.11 Å². The van der Waals surface area contributed by atoms with Crippen molar-refractivity contribution < 1.29 is 19.0 Å². The van der Waals surface area contributed by atoms with Crippen molar-refractivity contribution in [3.63, 3.8) is 0 Å². The molecule has 1 aliphatic heterocycles. The van der Waals surface area contributed by atoms with Crippen molar-refractivity contribution in [2.24, 2.45) is 5.90 Å². The van der Waals surface area contributed by atoms with Crippen LogP contribution in [0.15, 0.2) is 10.5 Å². The number of nitrogens with two attached hydrogens (primary N) is 1. The Balaban J connectivity index is 2.44. The summed E-state index contributed by atoms with van der Waals surface area (Å²) in [7, 11) is 1.61. The van der Waals surface area contributed by atoms with E-state index >= 15 is 0 Å². The van der Waals surface area contributed by atoms with Gasteiger partial charge in [0.2, 0.25) is 6.79 Å². The number of fused-ring (bicyclic) bond motifs is 1. The van der Waals surface area contributed by atoms with Crippen molar-refractivity contribution in [1.29, 1.82) is 0 Å². The Bertz CT molecular complexity index is 393. The van der Waals surface area contributed by atoms with Gasteiger partial charge in [0.1, 0.15) is 5.75 Å². The van der Waals surface area contributed by atoms with E-state index in [4.69, 9.17) is 20.1 Å². The monoisotopic (exact) mass is 289 g/mol. The SMILES string of the molecule is COc1c(Br)cc2c(c1CCON)OCO2. The fourth-order valence-corrected chi connectivity index (χ4v) is 2.28. The molecular formula is C10H12BrNO4. The largest absolute Gasteiger partial charge is 0.495 e. The van der Waals surface area contributed by atoms with Crippen LogP contribution in [0.25, 0.3) is 0 Å². The van der Waals surface area contributed by atoms with Gasteiger partial charge in [0.05, 0.1) is 18.2 Å². The molecule has 1 aromatic rings. The standard InChI is InChI=1S/C10H12BrNO4/c1-13-9-6(2-3-16-12)10-8(4-7(9)11)14-5-15-10/h4H,2-3,5,12H2,1H3. The number of rotatable bonds is 4. The predicted octanol–water partition coefficient (Wildman–Crippen LogP) is 1.62. The Morgan fingerprint density at radius 3 is 3.00 bits per heavy atom. The van der Waals surface area contributed by atoms with Gasteiger partial charge < -0.3 is 19.0 Å². The summed E-state index contributed by atoms with van der Waals surface area (Å²) in [5.74, 6) is 7.16. The Morgan fingerprint density at radius 2 is 2.31 bits per heavy atom. The summed E-state index contributed by atoms with van der Waals surface area (Å²) in [4.78, 5) is 4.58. The van der Waals surface area contributed by atoms with Crippen LogP contribution in [0.4, 0.5) is 0 Å². The van der Waals surface area contributed by atoms with Crippen LogP contribution in [-0.4, -0.2) is 20.5 Å². The van der Waals surface area contributed by atoms with E-state index in [1.165, 1.54) is 0 Å². The van der Waals surface area contributed by atoms with E-state index in [0.29, 0.717) is 24.5 Å². The van der Waals surface area contributed by atoms with Gasteiger partial charge in [-0.1, -0.05) is 0 Å². The van der Waals surface area contributed by atoms with E-state index in [1.807, 2.05) is 6.07 Å². The molecule has 0 spiro atoms. The second-order valence-corrected chi connectivity index (χ2v) is 4.08. The van der Waals surface area contributed by atoms with E-state index in [2.05, 4.69) is 20.8 Å². The quantitative estimate of drug-likeness (QED) is 0.854. The van der Waals surface area contributed by atoms with Gasteiger partial charge in [0.25, 0.3) is 0 Å². The van der Waals surface area contributed by atoms with Crippen LogP contribution >= 0.6 is 15.9 Å². The normalized spacial score (nSPS) is 12.9. The Morgan fingerprint density at radius 1 is 1.50 bits per heavy atom. The molecule has 0 atom stereocenters. The lowest BCUT2D eigenvalue weighted by Crippen LogP contribution is -2.06. The Labute approximate surface area is 102 Å². The zero-order chi connectivity index (χ0) is 11.5. The third kappa shape index (κ3) is 1.95. The number of benzene rings is 1. The third-order valence-corrected chi connectivity index (χ3v) is 2.93. The lowest BCUT2D eigenvalue weighted by atomic mass is 10.1. The zero-order valence-electron chi connectivity index (χ0n) is 8.79. The maximum atomic E-state index is 5.40. The first-order valence-corrected chi connectivity index (χ1v) is 5.54. The number of methoxy groups -OCH3 is 1. The van der Waals surface area contributed by atoms with Crippen molar-refractivity contribution >= 4 is 15.9 Å². The minimum atomic E-state index is 0.228. The smallest absolute Gasteiger partial charge is 0.231 e. The molecule has 0 saturated carbocycles. The fraction of sp³-hybridized carbons (Fsp3) is 0.400. The van der Waals surface area contributed by atoms with E-state index in [-0.39, 0.29) is 6.79 Å². The van der Waals surface area contributed by atoms with Crippen molar-refractivity contribution in [2.75, 3.05) is 20.5 Å². The molecular weight excluding hydrogens is 278 g/mol. The van der Waals surface area contributed by atoms with Crippen LogP contribution in [0.2, 0.25) is 0 Å². The molecule has 0 aromatic heterocycles. The maximum Gasteiger partial charge on any atom is 0.231 e. The van der Waals surface area contributed by atoms with Crippen LogP contribution in [0.5, 0.6) is 17.2 Å². The summed E-state index contributed by atoms with van der Waals surface area (Å²) < 4.78 is 16.9. The Kier molecular flexibility index (Phi) is 3.52. The van der Waals surface area contributed by atoms with Crippen LogP contribution < -0.4 is 20.1 Å². The first kappa shape index (κ1) is 11.5. The van der Waals surface area contributed by atoms with Gasteiger partial charge in [0, 0.05) is 18.1 Å². The summed E-state index contributed by atoms with van der Waals surface area (Å²) in [6.07, 6.45) is 0.602. The molecule has 0 bridgehead atoms. The molecule has 0 fully saturated rings. The van der Waals surface area contributed by atoms with Crippen molar-refractivity contribution in [3.8, 4) is 17.2 Å². The highest BCUT2D eigenvalue weighted by molar-refractivity contribution is 9.10. The molecule has 6 heteroatoms. The highest BCUT2D eigenvalue weighted by Gasteiger charge is 2.23. The minimum absolute atomic E-state index is 0.228. The lowest BCUT2D eigenvalue weighted by Gasteiger charge is -2.12. The van der Waals surface area contributed by atoms with Gasteiger partial charge in [-0.2, -0.15) is 0 Å². The molecule has 16 heavy (non-hydrogen) atoms. The molecule has 0 amide bonds. The minimum Gasteiger partial charge on any atom is -0.495 e. The summed E-state index contributed by atoms with van der Waals surface area (Å²) in [5, 5.41) is 0. The van der Waals surface area contributed by atoms with Gasteiger partial charge in [0.15, 0.2) is 11.5 Å². The maximum absolute atomic E-state index is 5.40. The van der Waals surface area contributed by atoms with Gasteiger partial charge in [-0.15, -0.1) is 0 Å². The molecule has 2 N–H and O–H groups in total. The average molecular weight is 290 g/mol. The molecule has 0 unspecified atom stereocenters. The molecule has 0 saturated heterocycles. The molecule has 1 heterocycles. The molecule has 5 nitrogen and oxygen atoms in total. The summed E-state index contributed by atoms with van der Waals surface area (Å²) in [6.45, 7) is 0.619. The second kappa shape index (κ2) is 4.90. The van der Waals surface area contributed by atoms with Gasteiger partial charge in [-0.3, -0.25) is 0 Å². The summed E-state index contributed by atoms with van der Waals surface area (Å²) >= 11 is 3.42. The molecule has 88 valence electrons. The molecule has 2 rings (SSSR count). The van der Waals surface area contributed by atoms with E-state index < -0.39 is 0 Å². The third-order valence-electron chi connectivity index (χ3n) is 2.34. The van der Waals surface area contributed by atoms with Crippen LogP contribution in [0.3, 0.4) is 0 Å². The number of hydrogen-bond acceptors (Lipinski definition) is 5. The van der Waals surface area contributed by atoms with E-state index in [9.17, 15) is 0 Å². The van der Waals surface area contributed by atoms with E-state index in [0.717, 1.165) is 15.8 Å². The number of ether oxygens (including phenoxy) is 3. The van der Waals surface area contributed by atoms with Crippen LogP contribution in [-0.2, 0) is 11.3 Å². The van der Waals surface area contributed by atoms with Gasteiger partial charge in [-0.25, -0.2) is 5.90 Å². The first-order chi connectivity index (χ1) is 7.77. The zero-order valence-corrected chi connectivity index (χ0v) is 10.4. The highest BCUT2D eigenvalue weighted by Crippen LogP contribution is 2.45. The molecule has 0 radical (unpaired) electrons. The molecule has 1 aromatic carbocycles. The van der Waals surface area contributed by atoms with Crippen molar-refractivity contribution in [2.45, 2.75) is 6.42 Å². The van der Waals surface area contributed by atoms with Crippen molar-refractivity contribution in [3.05, 3.63) is 16.1 Å². The molecule has 0 aliphatic carbocycles. The van der Waals surface area contributed by atoms with Gasteiger partial charge in [-0.05, 0) is 15.9 Å².